The minimum Gasteiger partial charge on any atom is -0.393 e. The van der Waals surface area contributed by atoms with Crippen LogP contribution in [0.2, 0.25) is 0 Å². The first kappa shape index (κ1) is 25.6. The summed E-state index contributed by atoms with van der Waals surface area (Å²) in [5, 5.41) is 27.5. The number of methoxy groups -OCH3 is 1. The number of aromatic nitrogens is 5. The number of aliphatic hydroxyl groups is 1. The highest BCUT2D eigenvalue weighted by atomic mass is 32.2. The number of anilines is 1. The second-order valence-corrected chi connectivity index (χ2v) is 10.8. The number of nitrogens with one attached hydrogen (secondary N) is 1. The van der Waals surface area contributed by atoms with Gasteiger partial charge in [0.05, 0.1) is 24.8 Å². The normalized spacial score (nSPS) is 25.4. The largest absolute Gasteiger partial charge is 0.393 e. The van der Waals surface area contributed by atoms with Crippen molar-refractivity contribution in [1.82, 2.24) is 25.0 Å². The van der Waals surface area contributed by atoms with Gasteiger partial charge in [-0.25, -0.2) is 19.8 Å². The molecule has 0 saturated heterocycles. The first-order valence-corrected chi connectivity index (χ1v) is 13.5. The van der Waals surface area contributed by atoms with Crippen molar-refractivity contribution in [1.29, 1.82) is 0 Å². The zero-order valence-corrected chi connectivity index (χ0v) is 21.0. The van der Waals surface area contributed by atoms with Crippen molar-refractivity contribution < 1.29 is 27.2 Å². The van der Waals surface area contributed by atoms with Crippen molar-refractivity contribution in [2.24, 2.45) is 17.0 Å². The fourth-order valence-electron chi connectivity index (χ4n) is 5.47. The van der Waals surface area contributed by atoms with E-state index in [2.05, 4.69) is 35.8 Å². The van der Waals surface area contributed by atoms with Crippen LogP contribution in [0, 0.1) is 11.8 Å². The number of carbonyl (C=O) groups is 1. The summed E-state index contributed by atoms with van der Waals surface area (Å²) in [5.74, 6) is 0.119. The summed E-state index contributed by atoms with van der Waals surface area (Å²) >= 11 is 0. The standard InChI is InChI=1S/C23H29N7O6S/c1-35-11-17(31)8-14-6-13-4-2-3-5-18(13)20(14)27-22-21-23(26-12-25-22)30(29-28-21)16-7-15(19(32)9-16)10-36-37(24,33)34/h2-5,12,14-16,19-20,32H,6-11H2,1H3,(H2,24,33,34)(H,25,26,27)/t14-,15?,16?,19?,20+/m1/s1. The molecule has 0 bridgehead atoms. The van der Waals surface area contributed by atoms with Crippen LogP contribution in [0.4, 0.5) is 5.82 Å². The molecule has 2 heterocycles. The van der Waals surface area contributed by atoms with Crippen LogP contribution in [0.5, 0.6) is 0 Å². The summed E-state index contributed by atoms with van der Waals surface area (Å²) in [6.07, 6.45) is 2.51. The summed E-state index contributed by atoms with van der Waals surface area (Å²) < 4.78 is 33.6. The van der Waals surface area contributed by atoms with Gasteiger partial charge in [0.25, 0.3) is 0 Å². The lowest BCUT2D eigenvalue weighted by Crippen LogP contribution is -2.24. The Kier molecular flexibility index (Phi) is 7.18. The second-order valence-electron chi connectivity index (χ2n) is 9.62. The Bertz CT molecular complexity index is 1400. The first-order chi connectivity index (χ1) is 17.7. The van der Waals surface area contributed by atoms with Crippen LogP contribution in [0.3, 0.4) is 0 Å². The van der Waals surface area contributed by atoms with Gasteiger partial charge < -0.3 is 15.2 Å². The monoisotopic (exact) mass is 531 g/mol. The molecule has 198 valence electrons. The van der Waals surface area contributed by atoms with Crippen LogP contribution in [0.1, 0.15) is 42.5 Å². The maximum absolute atomic E-state index is 12.4. The molecule has 5 rings (SSSR count). The number of Topliss-reactive ketones (excluding diaryl/α,β-unsaturated/α-hetero) is 1. The molecule has 1 aromatic carbocycles. The highest BCUT2D eigenvalue weighted by Gasteiger charge is 2.37. The zero-order chi connectivity index (χ0) is 26.2. The summed E-state index contributed by atoms with van der Waals surface area (Å²) in [4.78, 5) is 21.2. The Morgan fingerprint density at radius 2 is 2.05 bits per heavy atom. The van der Waals surface area contributed by atoms with E-state index in [1.54, 1.807) is 4.68 Å². The lowest BCUT2D eigenvalue weighted by atomic mass is 9.95. The van der Waals surface area contributed by atoms with Gasteiger partial charge in [0.2, 0.25) is 0 Å². The smallest absolute Gasteiger partial charge is 0.333 e. The van der Waals surface area contributed by atoms with Crippen LogP contribution in [-0.2, 0) is 30.4 Å². The van der Waals surface area contributed by atoms with E-state index in [-0.39, 0.29) is 37.0 Å². The van der Waals surface area contributed by atoms with Gasteiger partial charge in [0, 0.05) is 19.4 Å². The van der Waals surface area contributed by atoms with E-state index in [4.69, 9.17) is 9.88 Å². The molecule has 3 unspecified atom stereocenters. The quantitative estimate of drug-likeness (QED) is 0.334. The SMILES string of the molecule is COCC(=O)C[C@H]1Cc2ccccc2[C@H]1Nc1ncnc2c1nnn2C1CC(O)C(COS(N)(=O)=O)C1. The molecular weight excluding hydrogens is 502 g/mol. The van der Waals surface area contributed by atoms with Crippen LogP contribution in [-0.4, -0.2) is 70.7 Å². The number of benzene rings is 1. The maximum Gasteiger partial charge on any atom is 0.333 e. The Hall–Kier alpha value is -3.04. The molecule has 0 aliphatic heterocycles. The highest BCUT2D eigenvalue weighted by Crippen LogP contribution is 2.41. The molecule has 1 saturated carbocycles. The number of nitrogens with zero attached hydrogens (tertiary/aromatic N) is 5. The molecule has 0 spiro atoms. The topological polar surface area (TPSA) is 184 Å². The number of ether oxygens (including phenoxy) is 1. The number of rotatable bonds is 10. The molecule has 2 aliphatic carbocycles. The van der Waals surface area contributed by atoms with E-state index in [0.29, 0.717) is 36.2 Å². The Balaban J connectivity index is 1.38. The van der Waals surface area contributed by atoms with Crippen molar-refractivity contribution in [3.05, 3.63) is 41.7 Å². The van der Waals surface area contributed by atoms with Crippen molar-refractivity contribution in [2.75, 3.05) is 25.6 Å². The fourth-order valence-corrected chi connectivity index (χ4v) is 5.84. The number of ketones is 1. The molecule has 37 heavy (non-hydrogen) atoms. The van der Waals surface area contributed by atoms with Crippen molar-refractivity contribution >= 4 is 33.1 Å². The number of aliphatic hydroxyl groups excluding tert-OH is 1. The lowest BCUT2D eigenvalue weighted by molar-refractivity contribution is -0.123. The van der Waals surface area contributed by atoms with Gasteiger partial charge >= 0.3 is 10.3 Å². The molecule has 2 aromatic heterocycles. The van der Waals surface area contributed by atoms with Crippen LogP contribution in [0.25, 0.3) is 11.2 Å². The average Bonchev–Trinajstić information content (AvgIpc) is 3.53. The van der Waals surface area contributed by atoms with Gasteiger partial charge in [-0.05, 0) is 36.3 Å². The predicted octanol–water partition coefficient (Wildman–Crippen LogP) is 0.685. The van der Waals surface area contributed by atoms with E-state index in [9.17, 15) is 18.3 Å². The molecule has 4 N–H and O–H groups in total. The van der Waals surface area contributed by atoms with Gasteiger partial charge in [0.1, 0.15) is 12.9 Å². The van der Waals surface area contributed by atoms with Crippen LogP contribution < -0.4 is 10.5 Å². The maximum atomic E-state index is 12.4. The van der Waals surface area contributed by atoms with Crippen molar-refractivity contribution in [3.63, 3.8) is 0 Å². The summed E-state index contributed by atoms with van der Waals surface area (Å²) in [7, 11) is -2.59. The number of hydrogen-bond donors (Lipinski definition) is 3. The number of hydrogen-bond acceptors (Lipinski definition) is 11. The third-order valence-electron chi connectivity index (χ3n) is 7.12. The number of carbonyl (C=O) groups excluding carboxylic acids is 1. The van der Waals surface area contributed by atoms with Crippen LogP contribution in [0.15, 0.2) is 30.6 Å². The van der Waals surface area contributed by atoms with Gasteiger partial charge in [-0.15, -0.1) is 5.10 Å². The zero-order valence-electron chi connectivity index (χ0n) is 20.2. The number of nitrogens with two attached hydrogens (primary N) is 1. The second kappa shape index (κ2) is 10.4. The van der Waals surface area contributed by atoms with Crippen molar-refractivity contribution in [2.45, 2.75) is 43.9 Å². The van der Waals surface area contributed by atoms with E-state index in [1.165, 1.54) is 19.0 Å². The molecule has 14 heteroatoms. The molecule has 5 atom stereocenters. The first-order valence-electron chi connectivity index (χ1n) is 12.0. The lowest BCUT2D eigenvalue weighted by Gasteiger charge is -2.22. The molecule has 3 aromatic rings. The van der Waals surface area contributed by atoms with E-state index >= 15 is 0 Å². The molecule has 0 amide bonds. The molecule has 0 radical (unpaired) electrons. The minimum absolute atomic E-state index is 0.0182. The summed E-state index contributed by atoms with van der Waals surface area (Å²) in [6, 6.07) is 7.66. The summed E-state index contributed by atoms with van der Waals surface area (Å²) in [6.45, 7) is -0.142. The Labute approximate surface area is 213 Å². The summed E-state index contributed by atoms with van der Waals surface area (Å²) in [5.41, 5.74) is 3.24. The van der Waals surface area contributed by atoms with Gasteiger partial charge in [-0.1, -0.05) is 29.5 Å². The molecule has 2 aliphatic rings. The van der Waals surface area contributed by atoms with Crippen LogP contribution >= 0.6 is 0 Å². The minimum atomic E-state index is -4.10. The van der Waals surface area contributed by atoms with Gasteiger partial charge in [0.15, 0.2) is 22.8 Å². The molecular formula is C23H29N7O6S. The van der Waals surface area contributed by atoms with E-state index in [1.807, 2.05) is 18.2 Å². The Morgan fingerprint density at radius 3 is 2.84 bits per heavy atom. The third kappa shape index (κ3) is 5.48. The Morgan fingerprint density at radius 1 is 1.24 bits per heavy atom. The predicted molar refractivity (Wildman–Crippen MR) is 131 cm³/mol. The fraction of sp³-hybridized carbons (Fsp3) is 0.522. The average molecular weight is 532 g/mol. The van der Waals surface area contributed by atoms with E-state index in [0.717, 1.165) is 12.0 Å². The van der Waals surface area contributed by atoms with Gasteiger partial charge in [-0.3, -0.25) is 8.98 Å². The highest BCUT2D eigenvalue weighted by molar-refractivity contribution is 7.84. The number of fused-ring (bicyclic) bond motifs is 2. The van der Waals surface area contributed by atoms with Gasteiger partial charge in [-0.2, -0.15) is 8.42 Å². The third-order valence-corrected chi connectivity index (χ3v) is 7.58. The van der Waals surface area contributed by atoms with E-state index < -0.39 is 22.3 Å². The van der Waals surface area contributed by atoms with Crippen molar-refractivity contribution in [3.8, 4) is 0 Å². The molecule has 1 fully saturated rings. The molecule has 13 nitrogen and oxygen atoms in total.